The standard InChI is InChI=1S/C14H21F2NO/c1-9(2)14(8-17-10(3)4)18-13-6-5-11(15)7-12(13)16/h5-7,9-10,14,17H,8H2,1-4H3. The van der Waals surface area contributed by atoms with E-state index in [0.717, 1.165) is 6.07 Å². The van der Waals surface area contributed by atoms with E-state index in [9.17, 15) is 8.78 Å². The topological polar surface area (TPSA) is 21.3 Å². The van der Waals surface area contributed by atoms with Gasteiger partial charge in [-0.2, -0.15) is 0 Å². The predicted molar refractivity (Wildman–Crippen MR) is 68.8 cm³/mol. The lowest BCUT2D eigenvalue weighted by molar-refractivity contribution is 0.140. The summed E-state index contributed by atoms with van der Waals surface area (Å²) in [6, 6.07) is 3.71. The summed E-state index contributed by atoms with van der Waals surface area (Å²) in [5.41, 5.74) is 0. The zero-order valence-corrected chi connectivity index (χ0v) is 11.3. The van der Waals surface area contributed by atoms with Crippen molar-refractivity contribution in [3.63, 3.8) is 0 Å². The van der Waals surface area contributed by atoms with Crippen LogP contribution in [0.2, 0.25) is 0 Å². The van der Waals surface area contributed by atoms with Crippen LogP contribution >= 0.6 is 0 Å². The molecule has 2 nitrogen and oxygen atoms in total. The first-order chi connectivity index (χ1) is 8.40. The average Bonchev–Trinajstić information content (AvgIpc) is 2.26. The fourth-order valence-corrected chi connectivity index (χ4v) is 1.50. The van der Waals surface area contributed by atoms with Crippen molar-refractivity contribution in [1.82, 2.24) is 5.32 Å². The van der Waals surface area contributed by atoms with E-state index in [1.807, 2.05) is 27.7 Å². The molecule has 0 heterocycles. The zero-order chi connectivity index (χ0) is 13.7. The van der Waals surface area contributed by atoms with E-state index in [1.54, 1.807) is 0 Å². The van der Waals surface area contributed by atoms with Crippen LogP contribution in [0.15, 0.2) is 18.2 Å². The third-order valence-electron chi connectivity index (χ3n) is 2.64. The number of benzene rings is 1. The molecule has 1 rings (SSSR count). The molecule has 0 aliphatic heterocycles. The highest BCUT2D eigenvalue weighted by Gasteiger charge is 2.17. The first-order valence-corrected chi connectivity index (χ1v) is 6.25. The largest absolute Gasteiger partial charge is 0.486 e. The van der Waals surface area contributed by atoms with Crippen LogP contribution in [0.3, 0.4) is 0 Å². The number of halogens is 2. The van der Waals surface area contributed by atoms with Gasteiger partial charge in [0.25, 0.3) is 0 Å². The summed E-state index contributed by atoms with van der Waals surface area (Å²) >= 11 is 0. The quantitative estimate of drug-likeness (QED) is 0.843. The number of rotatable bonds is 6. The van der Waals surface area contributed by atoms with Gasteiger partial charge in [0.15, 0.2) is 11.6 Å². The molecule has 0 amide bonds. The summed E-state index contributed by atoms with van der Waals surface area (Å²) in [6.45, 7) is 8.72. The molecule has 102 valence electrons. The molecule has 4 heteroatoms. The molecule has 0 spiro atoms. The maximum Gasteiger partial charge on any atom is 0.167 e. The van der Waals surface area contributed by atoms with Crippen LogP contribution < -0.4 is 10.1 Å². The van der Waals surface area contributed by atoms with Crippen molar-refractivity contribution in [2.45, 2.75) is 39.8 Å². The van der Waals surface area contributed by atoms with Gasteiger partial charge < -0.3 is 10.1 Å². The molecule has 0 aliphatic carbocycles. The van der Waals surface area contributed by atoms with Crippen LogP contribution in [0.4, 0.5) is 8.78 Å². The number of hydrogen-bond donors (Lipinski definition) is 1. The van der Waals surface area contributed by atoms with Crippen LogP contribution in [0.1, 0.15) is 27.7 Å². The Morgan fingerprint density at radius 2 is 1.83 bits per heavy atom. The molecular weight excluding hydrogens is 236 g/mol. The SMILES string of the molecule is CC(C)NCC(Oc1ccc(F)cc1F)C(C)C. The third-order valence-corrected chi connectivity index (χ3v) is 2.64. The van der Waals surface area contributed by atoms with Gasteiger partial charge in [-0.3, -0.25) is 0 Å². The van der Waals surface area contributed by atoms with Crippen molar-refractivity contribution in [2.75, 3.05) is 6.54 Å². The van der Waals surface area contributed by atoms with Gasteiger partial charge in [0, 0.05) is 18.7 Å². The van der Waals surface area contributed by atoms with Crippen LogP contribution in [0, 0.1) is 17.6 Å². The Hall–Kier alpha value is -1.16. The van der Waals surface area contributed by atoms with Gasteiger partial charge in [-0.05, 0) is 18.1 Å². The molecule has 0 aromatic heterocycles. The van der Waals surface area contributed by atoms with Crippen molar-refractivity contribution in [2.24, 2.45) is 5.92 Å². The molecule has 1 N–H and O–H groups in total. The highest BCUT2D eigenvalue weighted by molar-refractivity contribution is 5.25. The Balaban J connectivity index is 2.70. The van der Waals surface area contributed by atoms with Crippen LogP contribution in [0.25, 0.3) is 0 Å². The van der Waals surface area contributed by atoms with E-state index in [2.05, 4.69) is 5.32 Å². The van der Waals surface area contributed by atoms with Crippen molar-refractivity contribution in [3.05, 3.63) is 29.8 Å². The Bertz CT molecular complexity index is 380. The van der Waals surface area contributed by atoms with Crippen molar-refractivity contribution in [3.8, 4) is 5.75 Å². The lowest BCUT2D eigenvalue weighted by atomic mass is 10.1. The maximum atomic E-state index is 13.5. The van der Waals surface area contributed by atoms with Crippen molar-refractivity contribution < 1.29 is 13.5 Å². The summed E-state index contributed by atoms with van der Waals surface area (Å²) in [7, 11) is 0. The molecule has 1 unspecified atom stereocenters. The summed E-state index contributed by atoms with van der Waals surface area (Å²) in [4.78, 5) is 0. The van der Waals surface area contributed by atoms with Crippen LogP contribution in [-0.4, -0.2) is 18.7 Å². The molecule has 0 radical (unpaired) electrons. The average molecular weight is 257 g/mol. The first-order valence-electron chi connectivity index (χ1n) is 6.25. The summed E-state index contributed by atoms with van der Waals surface area (Å²) < 4.78 is 31.9. The zero-order valence-electron chi connectivity index (χ0n) is 11.3. The summed E-state index contributed by atoms with van der Waals surface area (Å²) in [6.07, 6.45) is -0.146. The third kappa shape index (κ3) is 4.61. The molecule has 0 fully saturated rings. The van der Waals surface area contributed by atoms with E-state index in [-0.39, 0.29) is 17.8 Å². The molecule has 18 heavy (non-hydrogen) atoms. The highest BCUT2D eigenvalue weighted by atomic mass is 19.1. The van der Waals surface area contributed by atoms with Crippen molar-refractivity contribution in [1.29, 1.82) is 0 Å². The lowest BCUT2D eigenvalue weighted by Gasteiger charge is -2.24. The highest BCUT2D eigenvalue weighted by Crippen LogP contribution is 2.21. The molecular formula is C14H21F2NO. The van der Waals surface area contributed by atoms with Gasteiger partial charge in [-0.25, -0.2) is 8.78 Å². The van der Waals surface area contributed by atoms with Crippen LogP contribution in [-0.2, 0) is 0 Å². The second-order valence-electron chi connectivity index (χ2n) is 5.04. The van der Waals surface area contributed by atoms with Crippen LogP contribution in [0.5, 0.6) is 5.75 Å². The Morgan fingerprint density at radius 3 is 2.33 bits per heavy atom. The normalized spacial score (nSPS) is 13.1. The summed E-state index contributed by atoms with van der Waals surface area (Å²) in [5.74, 6) is -0.923. The molecule has 0 saturated heterocycles. The van der Waals surface area contributed by atoms with Gasteiger partial charge in [0.2, 0.25) is 0 Å². The predicted octanol–water partition coefficient (Wildman–Crippen LogP) is 3.37. The van der Waals surface area contributed by atoms with Gasteiger partial charge in [-0.15, -0.1) is 0 Å². The minimum atomic E-state index is -0.662. The second-order valence-corrected chi connectivity index (χ2v) is 5.04. The minimum Gasteiger partial charge on any atom is -0.486 e. The van der Waals surface area contributed by atoms with E-state index in [1.165, 1.54) is 12.1 Å². The fourth-order valence-electron chi connectivity index (χ4n) is 1.50. The van der Waals surface area contributed by atoms with E-state index >= 15 is 0 Å². The van der Waals surface area contributed by atoms with Gasteiger partial charge in [-0.1, -0.05) is 27.7 Å². The Labute approximate surface area is 107 Å². The molecule has 0 aliphatic rings. The molecule has 1 aromatic rings. The molecule has 0 saturated carbocycles. The first kappa shape index (κ1) is 14.9. The second kappa shape index (κ2) is 6.69. The van der Waals surface area contributed by atoms with Gasteiger partial charge in [0.1, 0.15) is 11.9 Å². The minimum absolute atomic E-state index is 0.0978. The molecule has 0 bridgehead atoms. The maximum absolute atomic E-state index is 13.5. The van der Waals surface area contributed by atoms with Gasteiger partial charge in [0.05, 0.1) is 0 Å². The van der Waals surface area contributed by atoms with E-state index < -0.39 is 11.6 Å². The van der Waals surface area contributed by atoms with Crippen molar-refractivity contribution >= 4 is 0 Å². The molecule has 1 atom stereocenters. The van der Waals surface area contributed by atoms with E-state index in [4.69, 9.17) is 4.74 Å². The Morgan fingerprint density at radius 1 is 1.17 bits per heavy atom. The smallest absolute Gasteiger partial charge is 0.167 e. The molecule has 1 aromatic carbocycles. The van der Waals surface area contributed by atoms with E-state index in [0.29, 0.717) is 12.6 Å². The lowest BCUT2D eigenvalue weighted by Crippen LogP contribution is -2.38. The number of ether oxygens (including phenoxy) is 1. The fraction of sp³-hybridized carbons (Fsp3) is 0.571. The number of nitrogens with one attached hydrogen (secondary N) is 1. The monoisotopic (exact) mass is 257 g/mol. The Kier molecular flexibility index (Phi) is 5.54. The van der Waals surface area contributed by atoms with Gasteiger partial charge >= 0.3 is 0 Å². The summed E-state index contributed by atoms with van der Waals surface area (Å²) in [5, 5.41) is 3.26. The number of hydrogen-bond acceptors (Lipinski definition) is 2.